The zero-order chi connectivity index (χ0) is 10.2. The maximum atomic E-state index is 5.09. The Morgan fingerprint density at radius 2 is 1.15 bits per heavy atom. The molecule has 0 aliphatic rings. The summed E-state index contributed by atoms with van der Waals surface area (Å²) < 4.78 is 5.09. The van der Waals surface area contributed by atoms with E-state index in [4.69, 9.17) is 4.65 Å². The van der Waals surface area contributed by atoms with Crippen molar-refractivity contribution >= 4 is 16.5 Å². The maximum Gasteiger partial charge on any atom is 1.00 e. The van der Waals surface area contributed by atoms with E-state index in [9.17, 15) is 0 Å². The summed E-state index contributed by atoms with van der Waals surface area (Å²) in [7, 11) is -2.57. The molecule has 0 aromatic rings. The summed E-state index contributed by atoms with van der Waals surface area (Å²) in [5, 5.41) is 0.410. The molecule has 0 amide bonds. The Bertz CT molecular complexity index is 156. The van der Waals surface area contributed by atoms with E-state index in [1.165, 1.54) is 0 Å². The summed E-state index contributed by atoms with van der Waals surface area (Å²) in [4.78, 5) is 0. The van der Waals surface area contributed by atoms with Crippen molar-refractivity contribution in [2.75, 3.05) is 0 Å². The average molecular weight is 209 g/mol. The SMILES string of the molecule is CC(C)(C)[Si](C)(C)[N-][Si](C)(C)C.[Li+]. The summed E-state index contributed by atoms with van der Waals surface area (Å²) in [6.07, 6.45) is 0. The zero-order valence-corrected chi connectivity index (χ0v) is 12.9. The van der Waals surface area contributed by atoms with Crippen molar-refractivity contribution in [3.63, 3.8) is 0 Å². The smallest absolute Gasteiger partial charge is 0.667 e. The molecule has 0 bridgehead atoms. The molecule has 4 heteroatoms. The molecule has 0 unspecified atom stereocenters. The fourth-order valence-corrected chi connectivity index (χ4v) is 9.06. The molecule has 1 nitrogen and oxygen atoms in total. The molecule has 0 spiro atoms. The van der Waals surface area contributed by atoms with E-state index in [1.54, 1.807) is 0 Å². The van der Waals surface area contributed by atoms with E-state index in [-0.39, 0.29) is 18.9 Å². The zero-order valence-electron chi connectivity index (χ0n) is 10.9. The number of hydrogen-bond acceptors (Lipinski definition) is 0. The Labute approximate surface area is 98.4 Å². The molecule has 0 rings (SSSR count). The van der Waals surface area contributed by atoms with Gasteiger partial charge in [0.15, 0.2) is 0 Å². The van der Waals surface area contributed by atoms with Crippen LogP contribution in [0.15, 0.2) is 0 Å². The molecule has 0 aliphatic carbocycles. The van der Waals surface area contributed by atoms with Crippen LogP contribution in [-0.4, -0.2) is 16.5 Å². The molecule has 0 aromatic heterocycles. The van der Waals surface area contributed by atoms with E-state index in [1.807, 2.05) is 0 Å². The molecule has 0 radical (unpaired) electrons. The largest absolute Gasteiger partial charge is 1.00 e. The molecule has 0 atom stereocenters. The minimum atomic E-state index is -1.35. The standard InChI is InChI=1S/C9H24NSi2.Li/c1-9(2,3)12(7,8)10-11(4,5)6;/h1-8H3;/q-1;+1. The normalized spacial score (nSPS) is 13.8. The molecule has 0 fully saturated rings. The van der Waals surface area contributed by atoms with Gasteiger partial charge in [-0.1, -0.05) is 75.0 Å². The first-order valence-corrected chi connectivity index (χ1v) is 11.1. The summed E-state index contributed by atoms with van der Waals surface area (Å²) in [5.74, 6) is 0. The summed E-state index contributed by atoms with van der Waals surface area (Å²) in [6, 6.07) is 0. The molecule has 0 saturated carbocycles. The first kappa shape index (κ1) is 16.4. The van der Waals surface area contributed by atoms with Gasteiger partial charge in [0.25, 0.3) is 0 Å². The van der Waals surface area contributed by atoms with Crippen molar-refractivity contribution in [2.45, 2.75) is 58.5 Å². The minimum absolute atomic E-state index is 0. The second-order valence-electron chi connectivity index (χ2n) is 6.09. The molecular formula is C9H24LiNSi2. The van der Waals surface area contributed by atoms with E-state index < -0.39 is 16.5 Å². The Morgan fingerprint density at radius 1 is 0.846 bits per heavy atom. The third-order valence-corrected chi connectivity index (χ3v) is 11.0. The van der Waals surface area contributed by atoms with Crippen LogP contribution in [0.5, 0.6) is 0 Å². The quantitative estimate of drug-likeness (QED) is 0.607. The molecule has 0 saturated heterocycles. The predicted molar refractivity (Wildman–Crippen MR) is 63.9 cm³/mol. The van der Waals surface area contributed by atoms with Gasteiger partial charge in [0.05, 0.1) is 0 Å². The van der Waals surface area contributed by atoms with Gasteiger partial charge in [-0.15, -0.1) is 0 Å². The second kappa shape index (κ2) is 4.67. The Balaban J connectivity index is 0. The van der Waals surface area contributed by atoms with Crippen molar-refractivity contribution in [1.29, 1.82) is 0 Å². The van der Waals surface area contributed by atoms with Gasteiger partial charge in [-0.25, -0.2) is 0 Å². The average Bonchev–Trinajstić information content (AvgIpc) is 1.52. The van der Waals surface area contributed by atoms with Crippen LogP contribution in [-0.2, 0) is 0 Å². The molecule has 0 N–H and O–H groups in total. The number of hydrogen-bond donors (Lipinski definition) is 0. The number of nitrogens with zero attached hydrogens (tertiary/aromatic N) is 1. The second-order valence-corrected chi connectivity index (χ2v) is 15.9. The van der Waals surface area contributed by atoms with Crippen molar-refractivity contribution in [3.8, 4) is 0 Å². The van der Waals surface area contributed by atoms with Crippen LogP contribution in [0.3, 0.4) is 0 Å². The first-order chi connectivity index (χ1) is 4.96. The minimum Gasteiger partial charge on any atom is -0.667 e. The van der Waals surface area contributed by atoms with Crippen LogP contribution >= 0.6 is 0 Å². The maximum absolute atomic E-state index is 5.09. The van der Waals surface area contributed by atoms with Crippen LogP contribution in [0, 0.1) is 0 Å². The Kier molecular flexibility index (Phi) is 5.90. The van der Waals surface area contributed by atoms with E-state index >= 15 is 0 Å². The molecule has 74 valence electrons. The van der Waals surface area contributed by atoms with Gasteiger partial charge in [-0.05, 0) is 0 Å². The summed E-state index contributed by atoms with van der Waals surface area (Å²) in [6.45, 7) is 18.7. The molecule has 0 aliphatic heterocycles. The molecular weight excluding hydrogens is 185 g/mol. The van der Waals surface area contributed by atoms with Gasteiger partial charge in [-0.2, -0.15) is 0 Å². The molecule has 0 heterocycles. The van der Waals surface area contributed by atoms with Gasteiger partial charge in [-0.3, -0.25) is 0 Å². The molecule has 13 heavy (non-hydrogen) atoms. The first-order valence-electron chi connectivity index (χ1n) is 4.70. The Morgan fingerprint density at radius 3 is 1.23 bits per heavy atom. The van der Waals surface area contributed by atoms with Crippen LogP contribution in [0.2, 0.25) is 37.8 Å². The van der Waals surface area contributed by atoms with E-state index in [2.05, 4.69) is 53.5 Å². The third-order valence-electron chi connectivity index (χ3n) is 2.45. The summed E-state index contributed by atoms with van der Waals surface area (Å²) >= 11 is 0. The van der Waals surface area contributed by atoms with Crippen LogP contribution in [0.1, 0.15) is 20.8 Å². The molecule has 0 aromatic carbocycles. The predicted octanol–water partition coefficient (Wildman–Crippen LogP) is 1.20. The van der Waals surface area contributed by atoms with Crippen molar-refractivity contribution in [3.05, 3.63) is 4.65 Å². The fourth-order valence-electron chi connectivity index (χ4n) is 1.01. The van der Waals surface area contributed by atoms with E-state index in [0.29, 0.717) is 5.04 Å². The van der Waals surface area contributed by atoms with Crippen molar-refractivity contribution in [2.24, 2.45) is 0 Å². The topological polar surface area (TPSA) is 14.1 Å². The monoisotopic (exact) mass is 209 g/mol. The van der Waals surface area contributed by atoms with E-state index in [0.717, 1.165) is 0 Å². The van der Waals surface area contributed by atoms with Gasteiger partial charge in [0.1, 0.15) is 0 Å². The van der Waals surface area contributed by atoms with Crippen molar-refractivity contribution in [1.82, 2.24) is 0 Å². The van der Waals surface area contributed by atoms with Crippen molar-refractivity contribution < 1.29 is 18.9 Å². The number of rotatable bonds is 2. The summed E-state index contributed by atoms with van der Waals surface area (Å²) in [5.41, 5.74) is 0. The third kappa shape index (κ3) is 6.14. The van der Waals surface area contributed by atoms with Crippen LogP contribution in [0.4, 0.5) is 0 Å². The fraction of sp³-hybridized carbons (Fsp3) is 1.00. The van der Waals surface area contributed by atoms with Gasteiger partial charge >= 0.3 is 18.9 Å². The van der Waals surface area contributed by atoms with Crippen LogP contribution in [0.25, 0.3) is 4.65 Å². The van der Waals surface area contributed by atoms with Gasteiger partial charge < -0.3 is 4.65 Å². The van der Waals surface area contributed by atoms with Gasteiger partial charge in [0, 0.05) is 0 Å². The van der Waals surface area contributed by atoms with Crippen LogP contribution < -0.4 is 18.9 Å². The van der Waals surface area contributed by atoms with Gasteiger partial charge in [0.2, 0.25) is 0 Å². The Hall–Kier alpha value is 0.991.